The van der Waals surface area contributed by atoms with Gasteiger partial charge in [-0.15, -0.1) is 0 Å². The maximum atomic E-state index is 15.9. The van der Waals surface area contributed by atoms with Crippen molar-refractivity contribution < 1.29 is 17.2 Å². The van der Waals surface area contributed by atoms with Gasteiger partial charge in [0.1, 0.15) is 15.7 Å². The van der Waals surface area contributed by atoms with E-state index >= 15 is 8.78 Å². The molecule has 0 aliphatic carbocycles. The van der Waals surface area contributed by atoms with Gasteiger partial charge in [-0.2, -0.15) is 4.98 Å². The number of aromatic nitrogens is 3. The first-order valence-corrected chi connectivity index (χ1v) is 18.4. The summed E-state index contributed by atoms with van der Waals surface area (Å²) in [6, 6.07) is 8.19. The van der Waals surface area contributed by atoms with Crippen LogP contribution in [0, 0.1) is 5.92 Å². The van der Waals surface area contributed by atoms with Crippen LogP contribution in [0.2, 0.25) is 0 Å². The monoisotopic (exact) mass is 641 g/mol. The Morgan fingerprint density at radius 3 is 2.40 bits per heavy atom. The second kappa shape index (κ2) is 13.1. The average molecular weight is 642 g/mol. The van der Waals surface area contributed by atoms with E-state index < -0.39 is 33.4 Å². The summed E-state index contributed by atoms with van der Waals surface area (Å²) in [5.74, 6) is -2.96. The molecule has 0 unspecified atom stereocenters. The van der Waals surface area contributed by atoms with Crippen molar-refractivity contribution >= 4 is 26.6 Å². The summed E-state index contributed by atoms with van der Waals surface area (Å²) < 4.78 is 57.7. The van der Waals surface area contributed by atoms with Gasteiger partial charge in [0.25, 0.3) is 5.92 Å². The molecule has 7 rings (SSSR count). The van der Waals surface area contributed by atoms with Gasteiger partial charge in [0.2, 0.25) is 0 Å². The predicted octanol–water partition coefficient (Wildman–Crippen LogP) is 6.10. The fourth-order valence-electron chi connectivity index (χ4n) is 7.39. The minimum absolute atomic E-state index is 0.00190. The van der Waals surface area contributed by atoms with Gasteiger partial charge < -0.3 is 10.2 Å². The third kappa shape index (κ3) is 6.94. The van der Waals surface area contributed by atoms with E-state index in [1.807, 2.05) is 19.1 Å². The SMILES string of the molecule is C[C@H]1Nc2nc(=O)n(C)c3c(nc(C4CCS(=O)(=O)CC4)cc23)CCCCCCCN2CCC(CC2)C(F)(F)c2cccc1c2. The van der Waals surface area contributed by atoms with Crippen molar-refractivity contribution in [1.29, 1.82) is 0 Å². The second-order valence-electron chi connectivity index (χ2n) is 13.4. The summed E-state index contributed by atoms with van der Waals surface area (Å²) >= 11 is 0. The predicted molar refractivity (Wildman–Crippen MR) is 174 cm³/mol. The van der Waals surface area contributed by atoms with Gasteiger partial charge in [0.15, 0.2) is 0 Å². The Morgan fingerprint density at radius 2 is 1.64 bits per heavy atom. The molecular formula is C34H45F2N5O3S. The Balaban J connectivity index is 1.41. The number of hydrogen-bond acceptors (Lipinski definition) is 7. The van der Waals surface area contributed by atoms with Crippen molar-refractivity contribution in [2.24, 2.45) is 13.0 Å². The molecule has 4 aliphatic heterocycles. The molecule has 0 spiro atoms. The first-order valence-electron chi connectivity index (χ1n) is 16.6. The highest BCUT2D eigenvalue weighted by atomic mass is 32.2. The molecule has 1 N–H and O–H groups in total. The van der Waals surface area contributed by atoms with Crippen LogP contribution >= 0.6 is 0 Å². The molecule has 8 nitrogen and oxygen atoms in total. The van der Waals surface area contributed by atoms with Crippen molar-refractivity contribution in [2.75, 3.05) is 36.5 Å². The lowest BCUT2D eigenvalue weighted by atomic mass is 9.85. The zero-order chi connectivity index (χ0) is 31.8. The molecule has 1 aromatic carbocycles. The Hall–Kier alpha value is -2.92. The Morgan fingerprint density at radius 1 is 0.933 bits per heavy atom. The van der Waals surface area contributed by atoms with Gasteiger partial charge >= 0.3 is 5.69 Å². The van der Waals surface area contributed by atoms with E-state index in [2.05, 4.69) is 15.2 Å². The van der Waals surface area contributed by atoms with Gasteiger partial charge in [0.05, 0.1) is 22.7 Å². The summed E-state index contributed by atoms with van der Waals surface area (Å²) in [5.41, 5.74) is 2.67. The molecule has 0 saturated carbocycles. The molecule has 244 valence electrons. The second-order valence-corrected chi connectivity index (χ2v) is 15.7. The lowest BCUT2D eigenvalue weighted by Crippen LogP contribution is -2.40. The maximum absolute atomic E-state index is 15.9. The first kappa shape index (κ1) is 32.0. The van der Waals surface area contributed by atoms with E-state index in [4.69, 9.17) is 4.98 Å². The number of nitrogens with zero attached hydrogens (tertiary/aromatic N) is 4. The summed E-state index contributed by atoms with van der Waals surface area (Å²) in [7, 11) is -1.33. The fraction of sp³-hybridized carbons (Fsp3) is 0.618. The third-order valence-corrected chi connectivity index (χ3v) is 12.0. The number of halogens is 2. The zero-order valence-electron chi connectivity index (χ0n) is 26.4. The smallest absolute Gasteiger partial charge is 0.349 e. The zero-order valence-corrected chi connectivity index (χ0v) is 27.2. The van der Waals surface area contributed by atoms with E-state index in [-0.39, 0.29) is 23.0 Å². The summed E-state index contributed by atoms with van der Waals surface area (Å²) in [6.07, 6.45) is 7.86. The van der Waals surface area contributed by atoms with Crippen molar-refractivity contribution in [2.45, 2.75) is 89.0 Å². The number of rotatable bonds is 1. The first-order chi connectivity index (χ1) is 21.5. The molecule has 0 radical (unpaired) electrons. The molecule has 3 aromatic rings. The van der Waals surface area contributed by atoms with Crippen molar-refractivity contribution in [3.05, 3.63) is 63.3 Å². The summed E-state index contributed by atoms with van der Waals surface area (Å²) in [6.45, 7) is 4.25. The van der Waals surface area contributed by atoms with Crippen LogP contribution in [0.15, 0.2) is 35.1 Å². The molecule has 1 atom stereocenters. The standard InChI is InChI=1S/C34H45F2N5O3S/c1-23-25-9-8-10-27(21-25)34(35,36)26-12-17-41(18-13-26)16-7-5-3-4-6-11-29-31-28(32(37-23)39-33(42)40(31)2)22-30(38-29)24-14-19-45(43,44)20-15-24/h8-10,21-24,26H,3-7,11-20H2,1-2H3,(H,37,39,42)/t23-/m1/s1. The average Bonchev–Trinajstić information content (AvgIpc) is 3.02. The van der Waals surface area contributed by atoms with E-state index in [0.29, 0.717) is 62.1 Å². The van der Waals surface area contributed by atoms with E-state index in [1.54, 1.807) is 23.7 Å². The van der Waals surface area contributed by atoms with Gasteiger partial charge in [-0.3, -0.25) is 9.55 Å². The van der Waals surface area contributed by atoms with Crippen LogP contribution in [0.3, 0.4) is 0 Å². The number of pyridine rings is 1. The van der Waals surface area contributed by atoms with E-state index in [9.17, 15) is 13.2 Å². The molecule has 2 aromatic heterocycles. The van der Waals surface area contributed by atoms with Crippen LogP contribution in [-0.4, -0.2) is 59.0 Å². The van der Waals surface area contributed by atoms with Crippen LogP contribution in [0.4, 0.5) is 14.6 Å². The molecule has 0 amide bonds. The highest BCUT2D eigenvalue weighted by Gasteiger charge is 2.42. The number of alkyl halides is 2. The van der Waals surface area contributed by atoms with E-state index in [1.165, 1.54) is 6.07 Å². The van der Waals surface area contributed by atoms with Crippen LogP contribution < -0.4 is 11.0 Å². The highest BCUT2D eigenvalue weighted by Crippen LogP contribution is 2.42. The molecule has 6 heterocycles. The maximum Gasteiger partial charge on any atom is 0.349 e. The Labute approximate surface area is 264 Å². The van der Waals surface area contributed by atoms with Crippen molar-refractivity contribution in [3.63, 3.8) is 0 Å². The topological polar surface area (TPSA) is 97.2 Å². The number of anilines is 1. The Bertz CT molecular complexity index is 1690. The lowest BCUT2D eigenvalue weighted by Gasteiger charge is -2.36. The molecule has 11 heteroatoms. The van der Waals surface area contributed by atoms with Crippen LogP contribution in [0.1, 0.15) is 99.2 Å². The third-order valence-electron chi connectivity index (χ3n) is 10.3. The largest absolute Gasteiger partial charge is 0.363 e. The van der Waals surface area contributed by atoms with Crippen LogP contribution in [0.25, 0.3) is 10.9 Å². The minimum atomic E-state index is -3.04. The number of nitrogens with one attached hydrogen (secondary N) is 1. The number of sulfone groups is 1. The Kier molecular flexibility index (Phi) is 9.30. The molecule has 4 aliphatic rings. The molecule has 2 saturated heterocycles. The normalized spacial score (nSPS) is 26.3. The highest BCUT2D eigenvalue weighted by molar-refractivity contribution is 7.91. The quantitative estimate of drug-likeness (QED) is 0.343. The number of piperidine rings is 1. The number of hydrogen-bond donors (Lipinski definition) is 1. The minimum Gasteiger partial charge on any atom is -0.363 e. The molecule has 2 fully saturated rings. The van der Waals surface area contributed by atoms with Gasteiger partial charge in [-0.05, 0) is 89.2 Å². The number of benzene rings is 1. The van der Waals surface area contributed by atoms with E-state index in [0.717, 1.165) is 55.4 Å². The van der Waals surface area contributed by atoms with Gasteiger partial charge in [0, 0.05) is 41.6 Å². The number of aryl methyl sites for hydroxylation is 2. The van der Waals surface area contributed by atoms with Crippen LogP contribution in [-0.2, 0) is 29.2 Å². The van der Waals surface area contributed by atoms with Gasteiger partial charge in [-0.25, -0.2) is 22.0 Å². The van der Waals surface area contributed by atoms with Crippen molar-refractivity contribution in [3.8, 4) is 0 Å². The lowest BCUT2D eigenvalue weighted by molar-refractivity contribution is -0.0855. The molecular weight excluding hydrogens is 596 g/mol. The molecule has 45 heavy (non-hydrogen) atoms. The van der Waals surface area contributed by atoms with Crippen molar-refractivity contribution in [1.82, 2.24) is 19.4 Å². The fourth-order valence-corrected chi connectivity index (χ4v) is 8.88. The summed E-state index contributed by atoms with van der Waals surface area (Å²) in [5, 5.41) is 4.13. The number of fused-ring (bicyclic) bond motifs is 9. The molecule has 8 bridgehead atoms. The van der Waals surface area contributed by atoms with Crippen LogP contribution in [0.5, 0.6) is 0 Å². The summed E-state index contributed by atoms with van der Waals surface area (Å²) in [4.78, 5) is 25.0. The van der Waals surface area contributed by atoms with Gasteiger partial charge in [-0.1, -0.05) is 37.5 Å².